The molecule has 0 aliphatic carbocycles. The molecule has 28 heavy (non-hydrogen) atoms. The van der Waals surface area contributed by atoms with Crippen molar-refractivity contribution in [3.63, 3.8) is 0 Å². The van der Waals surface area contributed by atoms with Crippen molar-refractivity contribution in [1.29, 1.82) is 0 Å². The van der Waals surface area contributed by atoms with Crippen molar-refractivity contribution in [3.8, 4) is 0 Å². The second kappa shape index (κ2) is 7.25. The highest BCUT2D eigenvalue weighted by molar-refractivity contribution is 7.89. The number of fused-ring (bicyclic) bond motifs is 2. The van der Waals surface area contributed by atoms with Gasteiger partial charge >= 0.3 is 5.76 Å². The van der Waals surface area contributed by atoms with E-state index in [-0.39, 0.29) is 17.0 Å². The molecule has 4 rings (SSSR count). The Hall–Kier alpha value is -2.91. The molecule has 0 fully saturated rings. The lowest BCUT2D eigenvalue weighted by atomic mass is 10.3. The molecule has 0 aliphatic heterocycles. The van der Waals surface area contributed by atoms with Gasteiger partial charge in [-0.2, -0.15) is 0 Å². The molecule has 9 heteroatoms. The van der Waals surface area contributed by atoms with E-state index in [4.69, 9.17) is 4.42 Å². The highest BCUT2D eigenvalue weighted by Gasteiger charge is 2.17. The number of rotatable bonds is 7. The number of hydrogen-bond acceptors (Lipinski definition) is 5. The Bertz CT molecular complexity index is 1300. The summed E-state index contributed by atoms with van der Waals surface area (Å²) in [6.45, 7) is 3.13. The van der Waals surface area contributed by atoms with Crippen LogP contribution >= 0.6 is 0 Å². The molecule has 0 unspecified atom stereocenters. The molecule has 0 radical (unpaired) electrons. The standard InChI is InChI=1S/C19H20N4O4S/c1-2-11-23-16-6-4-3-5-14(16)21-18(23)9-10-20-28(25,26)13-7-8-15-17(12-13)27-19(24)22-15/h3-8,12,20H,2,9-11H2,1H3,(H,22,24). The van der Waals surface area contributed by atoms with Crippen LogP contribution in [-0.4, -0.2) is 29.5 Å². The van der Waals surface area contributed by atoms with E-state index in [1.165, 1.54) is 18.2 Å². The Balaban J connectivity index is 1.53. The highest BCUT2D eigenvalue weighted by atomic mass is 32.2. The first-order valence-electron chi connectivity index (χ1n) is 9.04. The van der Waals surface area contributed by atoms with E-state index in [9.17, 15) is 13.2 Å². The molecule has 2 aromatic carbocycles. The summed E-state index contributed by atoms with van der Waals surface area (Å²) in [7, 11) is -3.73. The Labute approximate surface area is 161 Å². The number of H-pyrrole nitrogens is 1. The molecule has 4 aromatic rings. The molecule has 0 bridgehead atoms. The minimum atomic E-state index is -3.73. The SMILES string of the molecule is CCCn1c(CCNS(=O)(=O)c2ccc3[nH]c(=O)oc3c2)nc2ccccc21. The van der Waals surface area contributed by atoms with Crippen molar-refractivity contribution in [2.45, 2.75) is 31.2 Å². The van der Waals surface area contributed by atoms with Crippen molar-refractivity contribution in [2.75, 3.05) is 6.54 Å². The number of nitrogens with zero attached hydrogens (tertiary/aromatic N) is 2. The third-order valence-corrected chi connectivity index (χ3v) is 5.98. The van der Waals surface area contributed by atoms with E-state index in [0.717, 1.165) is 29.8 Å². The molecular formula is C19H20N4O4S. The van der Waals surface area contributed by atoms with E-state index < -0.39 is 15.8 Å². The predicted molar refractivity (Wildman–Crippen MR) is 106 cm³/mol. The van der Waals surface area contributed by atoms with Crippen molar-refractivity contribution < 1.29 is 12.8 Å². The molecule has 0 saturated carbocycles. The number of oxazole rings is 1. The first-order valence-corrected chi connectivity index (χ1v) is 10.5. The molecule has 0 atom stereocenters. The normalized spacial score (nSPS) is 12.2. The second-order valence-electron chi connectivity index (χ2n) is 6.49. The number of aryl methyl sites for hydroxylation is 1. The predicted octanol–water partition coefficient (Wildman–Crippen LogP) is 2.40. The number of sulfonamides is 1. The number of aromatic amines is 1. The van der Waals surface area contributed by atoms with Crippen LogP contribution in [0.1, 0.15) is 19.2 Å². The number of nitrogens with one attached hydrogen (secondary N) is 2. The van der Waals surface area contributed by atoms with Gasteiger partial charge in [0, 0.05) is 25.6 Å². The lowest BCUT2D eigenvalue weighted by molar-refractivity contribution is 0.553. The Morgan fingerprint density at radius 1 is 1.21 bits per heavy atom. The Morgan fingerprint density at radius 2 is 2.04 bits per heavy atom. The summed E-state index contributed by atoms with van der Waals surface area (Å²) in [6.07, 6.45) is 1.43. The fourth-order valence-electron chi connectivity index (χ4n) is 3.26. The van der Waals surface area contributed by atoms with Gasteiger partial charge in [-0.3, -0.25) is 4.98 Å². The smallest absolute Gasteiger partial charge is 0.408 e. The summed E-state index contributed by atoms with van der Waals surface area (Å²) in [5.41, 5.74) is 2.62. The van der Waals surface area contributed by atoms with Crippen molar-refractivity contribution in [2.24, 2.45) is 0 Å². The van der Waals surface area contributed by atoms with Crippen LogP contribution in [0.5, 0.6) is 0 Å². The van der Waals surface area contributed by atoms with Crippen LogP contribution in [0.3, 0.4) is 0 Å². The molecule has 8 nitrogen and oxygen atoms in total. The monoisotopic (exact) mass is 400 g/mol. The van der Waals surface area contributed by atoms with Crippen LogP contribution in [0.15, 0.2) is 56.6 Å². The topological polar surface area (TPSA) is 110 Å². The first-order chi connectivity index (χ1) is 13.5. The maximum Gasteiger partial charge on any atom is 0.417 e. The number of para-hydroxylation sites is 2. The largest absolute Gasteiger partial charge is 0.417 e. The number of imidazole rings is 1. The lowest BCUT2D eigenvalue weighted by Crippen LogP contribution is -2.26. The van der Waals surface area contributed by atoms with Crippen LogP contribution < -0.4 is 10.5 Å². The van der Waals surface area contributed by atoms with Gasteiger partial charge in [-0.05, 0) is 30.7 Å². The van der Waals surface area contributed by atoms with E-state index in [0.29, 0.717) is 11.9 Å². The van der Waals surface area contributed by atoms with Gasteiger partial charge in [-0.25, -0.2) is 22.9 Å². The Morgan fingerprint density at radius 3 is 2.86 bits per heavy atom. The third kappa shape index (κ3) is 3.46. The van der Waals surface area contributed by atoms with Crippen molar-refractivity contribution in [1.82, 2.24) is 19.3 Å². The van der Waals surface area contributed by atoms with Crippen LogP contribution in [0.25, 0.3) is 22.1 Å². The Kier molecular flexibility index (Phi) is 4.78. The average molecular weight is 400 g/mol. The first kappa shape index (κ1) is 18.5. The van der Waals surface area contributed by atoms with Gasteiger partial charge in [0.2, 0.25) is 10.0 Å². The van der Waals surface area contributed by atoms with Gasteiger partial charge in [0.1, 0.15) is 5.82 Å². The van der Waals surface area contributed by atoms with E-state index in [1.807, 2.05) is 24.3 Å². The summed E-state index contributed by atoms with van der Waals surface area (Å²) >= 11 is 0. The molecule has 0 amide bonds. The van der Waals surface area contributed by atoms with Gasteiger partial charge in [0.15, 0.2) is 5.58 Å². The zero-order chi connectivity index (χ0) is 19.7. The molecule has 146 valence electrons. The quantitative estimate of drug-likeness (QED) is 0.495. The van der Waals surface area contributed by atoms with Crippen molar-refractivity contribution >= 4 is 32.2 Å². The average Bonchev–Trinajstić information content (AvgIpc) is 3.21. The minimum absolute atomic E-state index is 0.0461. The zero-order valence-corrected chi connectivity index (χ0v) is 16.1. The summed E-state index contributed by atoms with van der Waals surface area (Å²) in [6, 6.07) is 12.2. The number of benzene rings is 2. The molecule has 2 heterocycles. The maximum absolute atomic E-state index is 12.6. The third-order valence-electron chi connectivity index (χ3n) is 4.52. The summed E-state index contributed by atoms with van der Waals surface area (Å²) in [5, 5.41) is 0. The summed E-state index contributed by atoms with van der Waals surface area (Å²) < 4.78 is 34.8. The molecule has 0 aliphatic rings. The van der Waals surface area contributed by atoms with Crippen LogP contribution in [0.2, 0.25) is 0 Å². The highest BCUT2D eigenvalue weighted by Crippen LogP contribution is 2.18. The van der Waals surface area contributed by atoms with E-state index in [1.54, 1.807) is 0 Å². The van der Waals surface area contributed by atoms with Gasteiger partial charge in [0.05, 0.1) is 21.4 Å². The fraction of sp³-hybridized carbons (Fsp3) is 0.263. The van der Waals surface area contributed by atoms with Crippen LogP contribution in [0, 0.1) is 0 Å². The van der Waals surface area contributed by atoms with Gasteiger partial charge < -0.3 is 8.98 Å². The van der Waals surface area contributed by atoms with E-state index >= 15 is 0 Å². The van der Waals surface area contributed by atoms with E-state index in [2.05, 4.69) is 26.2 Å². The number of hydrogen-bond donors (Lipinski definition) is 2. The van der Waals surface area contributed by atoms with Gasteiger partial charge in [0.25, 0.3) is 0 Å². The summed E-state index contributed by atoms with van der Waals surface area (Å²) in [4.78, 5) is 18.4. The second-order valence-corrected chi connectivity index (χ2v) is 8.26. The molecule has 0 spiro atoms. The van der Waals surface area contributed by atoms with Crippen LogP contribution in [0.4, 0.5) is 0 Å². The molecular weight excluding hydrogens is 380 g/mol. The lowest BCUT2D eigenvalue weighted by Gasteiger charge is -2.09. The van der Waals surface area contributed by atoms with Gasteiger partial charge in [-0.15, -0.1) is 0 Å². The fourth-order valence-corrected chi connectivity index (χ4v) is 4.31. The minimum Gasteiger partial charge on any atom is -0.408 e. The maximum atomic E-state index is 12.6. The van der Waals surface area contributed by atoms with Gasteiger partial charge in [-0.1, -0.05) is 19.1 Å². The van der Waals surface area contributed by atoms with Crippen LogP contribution in [-0.2, 0) is 23.0 Å². The number of aromatic nitrogens is 3. The molecule has 2 N–H and O–H groups in total. The summed E-state index contributed by atoms with van der Waals surface area (Å²) in [5.74, 6) is 0.227. The van der Waals surface area contributed by atoms with Crippen molar-refractivity contribution in [3.05, 3.63) is 58.8 Å². The molecule has 2 aromatic heterocycles. The zero-order valence-electron chi connectivity index (χ0n) is 15.3. The molecule has 0 saturated heterocycles.